The first-order chi connectivity index (χ1) is 9.56. The minimum absolute atomic E-state index is 0.0124. The van der Waals surface area contributed by atoms with Crippen LogP contribution >= 0.6 is 0 Å². The number of Topliss-reactive ketones (excluding diaryl/α,β-unsaturated/α-hetero) is 1. The van der Waals surface area contributed by atoms with Crippen molar-refractivity contribution in [2.24, 2.45) is 0 Å². The minimum atomic E-state index is -1.34. The van der Waals surface area contributed by atoms with Crippen LogP contribution in [-0.2, 0) is 9.53 Å². The number of carbonyl (C=O) groups excluding carboxylic acids is 1. The Bertz CT molecular complexity index is 382. The van der Waals surface area contributed by atoms with E-state index in [9.17, 15) is 15.0 Å². The molecule has 0 fully saturated rings. The predicted molar refractivity (Wildman–Crippen MR) is 78.1 cm³/mol. The molecule has 0 aromatic carbocycles. The smallest absolute Gasteiger partial charge is 0.230 e. The van der Waals surface area contributed by atoms with Gasteiger partial charge in [-0.25, -0.2) is 0 Å². The van der Waals surface area contributed by atoms with Gasteiger partial charge in [0.2, 0.25) is 6.29 Å². The van der Waals surface area contributed by atoms with Crippen LogP contribution < -0.4 is 0 Å². The Kier molecular flexibility index (Phi) is 7.37. The van der Waals surface area contributed by atoms with Crippen molar-refractivity contribution in [1.82, 2.24) is 0 Å². The van der Waals surface area contributed by atoms with Crippen molar-refractivity contribution in [3.8, 4) is 0 Å². The van der Waals surface area contributed by atoms with Gasteiger partial charge in [0.1, 0.15) is 17.1 Å². The van der Waals surface area contributed by atoms with Crippen molar-refractivity contribution >= 4 is 5.78 Å². The number of hydrogen-bond acceptors (Lipinski definition) is 4. The third-order valence-corrected chi connectivity index (χ3v) is 3.47. The lowest BCUT2D eigenvalue weighted by molar-refractivity contribution is -0.121. The monoisotopic (exact) mass is 282 g/mol. The van der Waals surface area contributed by atoms with Crippen LogP contribution in [-0.4, -0.2) is 22.3 Å². The van der Waals surface area contributed by atoms with Gasteiger partial charge >= 0.3 is 0 Å². The van der Waals surface area contributed by atoms with Crippen molar-refractivity contribution < 1.29 is 19.7 Å². The Morgan fingerprint density at radius 3 is 2.40 bits per heavy atom. The number of carbonyl (C=O) groups is 1. The fraction of sp³-hybridized carbons (Fsp3) is 0.688. The second-order valence-corrected chi connectivity index (χ2v) is 5.32. The molecule has 114 valence electrons. The van der Waals surface area contributed by atoms with Crippen molar-refractivity contribution in [3.05, 3.63) is 23.2 Å². The highest BCUT2D eigenvalue weighted by atomic mass is 16.6. The molecule has 20 heavy (non-hydrogen) atoms. The summed E-state index contributed by atoms with van der Waals surface area (Å²) in [7, 11) is 0. The molecule has 4 heteroatoms. The van der Waals surface area contributed by atoms with E-state index in [0.29, 0.717) is 12.2 Å². The quantitative estimate of drug-likeness (QED) is 0.632. The number of aliphatic hydroxyl groups is 2. The van der Waals surface area contributed by atoms with Crippen LogP contribution in [0.3, 0.4) is 0 Å². The first-order valence-electron chi connectivity index (χ1n) is 7.55. The molecule has 0 radical (unpaired) electrons. The molecule has 2 N–H and O–H groups in total. The number of rotatable bonds is 9. The van der Waals surface area contributed by atoms with E-state index >= 15 is 0 Å². The standard InChI is InChI=1S/C16H26O4/c1-3-4-5-6-7-8-9-10-13(17)15-14(18)11-12(2)20-16(15)19/h11,16,18-19H,3-10H2,1-2H3. The molecule has 0 amide bonds. The molecule has 0 aromatic rings. The molecule has 0 bridgehead atoms. The molecular formula is C16H26O4. The third kappa shape index (κ3) is 5.37. The van der Waals surface area contributed by atoms with Gasteiger partial charge in [-0.05, 0) is 13.3 Å². The topological polar surface area (TPSA) is 66.8 Å². The maximum atomic E-state index is 12.0. The maximum Gasteiger partial charge on any atom is 0.230 e. The van der Waals surface area contributed by atoms with Crippen LogP contribution in [0.15, 0.2) is 23.2 Å². The molecular weight excluding hydrogens is 256 g/mol. The van der Waals surface area contributed by atoms with E-state index in [0.717, 1.165) is 19.3 Å². The van der Waals surface area contributed by atoms with Crippen LogP contribution in [0.25, 0.3) is 0 Å². The zero-order chi connectivity index (χ0) is 15.0. The summed E-state index contributed by atoms with van der Waals surface area (Å²) < 4.78 is 5.04. The largest absolute Gasteiger partial charge is 0.507 e. The van der Waals surface area contributed by atoms with Gasteiger partial charge in [-0.15, -0.1) is 0 Å². The Morgan fingerprint density at radius 2 is 1.80 bits per heavy atom. The van der Waals surface area contributed by atoms with E-state index in [-0.39, 0.29) is 17.1 Å². The molecule has 4 nitrogen and oxygen atoms in total. The van der Waals surface area contributed by atoms with Crippen molar-refractivity contribution in [3.63, 3.8) is 0 Å². The van der Waals surface area contributed by atoms with Gasteiger partial charge in [0.05, 0.1) is 0 Å². The Hall–Kier alpha value is -1.29. The molecule has 1 atom stereocenters. The van der Waals surface area contributed by atoms with Crippen molar-refractivity contribution in [1.29, 1.82) is 0 Å². The molecule has 1 heterocycles. The van der Waals surface area contributed by atoms with E-state index in [4.69, 9.17) is 4.74 Å². The van der Waals surface area contributed by atoms with Gasteiger partial charge in [-0.3, -0.25) is 4.79 Å². The van der Waals surface area contributed by atoms with E-state index in [2.05, 4.69) is 6.92 Å². The molecule has 0 aliphatic carbocycles. The van der Waals surface area contributed by atoms with E-state index in [1.54, 1.807) is 6.92 Å². The van der Waals surface area contributed by atoms with Crippen LogP contribution in [0.2, 0.25) is 0 Å². The summed E-state index contributed by atoms with van der Waals surface area (Å²) in [5.41, 5.74) is -0.0124. The van der Waals surface area contributed by atoms with Gasteiger partial charge in [-0.1, -0.05) is 45.4 Å². The normalized spacial score (nSPS) is 18.8. The Balaban J connectivity index is 2.31. The van der Waals surface area contributed by atoms with Crippen LogP contribution in [0.5, 0.6) is 0 Å². The van der Waals surface area contributed by atoms with Crippen molar-refractivity contribution in [2.75, 3.05) is 0 Å². The number of unbranched alkanes of at least 4 members (excludes halogenated alkanes) is 6. The van der Waals surface area contributed by atoms with Gasteiger partial charge in [0, 0.05) is 12.5 Å². The van der Waals surface area contributed by atoms with E-state index in [1.165, 1.54) is 31.8 Å². The molecule has 1 aliphatic heterocycles. The lowest BCUT2D eigenvalue weighted by atomic mass is 10.0. The summed E-state index contributed by atoms with van der Waals surface area (Å²) in [4.78, 5) is 12.0. The van der Waals surface area contributed by atoms with E-state index < -0.39 is 6.29 Å². The lowest BCUT2D eigenvalue weighted by Crippen LogP contribution is -2.25. The molecule has 1 rings (SSSR count). The van der Waals surface area contributed by atoms with Crippen LogP contribution in [0.1, 0.15) is 65.2 Å². The Labute approximate surface area is 121 Å². The summed E-state index contributed by atoms with van der Waals surface area (Å²) in [5, 5.41) is 19.4. The fourth-order valence-electron chi connectivity index (χ4n) is 2.32. The summed E-state index contributed by atoms with van der Waals surface area (Å²) >= 11 is 0. The predicted octanol–water partition coefficient (Wildman–Crippen LogP) is 3.76. The number of ether oxygens (including phenoxy) is 1. The highest BCUT2D eigenvalue weighted by Gasteiger charge is 2.27. The Morgan fingerprint density at radius 1 is 1.20 bits per heavy atom. The molecule has 1 aliphatic rings. The van der Waals surface area contributed by atoms with Crippen molar-refractivity contribution in [2.45, 2.75) is 71.5 Å². The summed E-state index contributed by atoms with van der Waals surface area (Å²) in [6, 6.07) is 0. The second kappa shape index (κ2) is 8.80. The zero-order valence-electron chi connectivity index (χ0n) is 12.5. The van der Waals surface area contributed by atoms with E-state index in [1.807, 2.05) is 0 Å². The number of ketones is 1. The highest BCUT2D eigenvalue weighted by molar-refractivity contribution is 5.97. The summed E-state index contributed by atoms with van der Waals surface area (Å²) in [6.07, 6.45) is 8.29. The lowest BCUT2D eigenvalue weighted by Gasteiger charge is -2.21. The number of hydrogen-bond donors (Lipinski definition) is 2. The molecule has 0 aromatic heterocycles. The first kappa shape index (κ1) is 16.8. The highest BCUT2D eigenvalue weighted by Crippen LogP contribution is 2.23. The van der Waals surface area contributed by atoms with Gasteiger partial charge in [-0.2, -0.15) is 0 Å². The summed E-state index contributed by atoms with van der Waals surface area (Å²) in [6.45, 7) is 3.81. The van der Waals surface area contributed by atoms with Crippen LogP contribution in [0, 0.1) is 0 Å². The first-order valence-corrected chi connectivity index (χ1v) is 7.55. The van der Waals surface area contributed by atoms with Gasteiger partial charge in [0.25, 0.3) is 0 Å². The van der Waals surface area contributed by atoms with Gasteiger partial charge in [0.15, 0.2) is 5.78 Å². The minimum Gasteiger partial charge on any atom is -0.507 e. The molecule has 0 saturated carbocycles. The summed E-state index contributed by atoms with van der Waals surface area (Å²) in [5.74, 6) is 0.00368. The maximum absolute atomic E-state index is 12.0. The zero-order valence-corrected chi connectivity index (χ0v) is 12.5. The molecule has 0 spiro atoms. The average molecular weight is 282 g/mol. The van der Waals surface area contributed by atoms with Crippen LogP contribution in [0.4, 0.5) is 0 Å². The third-order valence-electron chi connectivity index (χ3n) is 3.47. The fourth-order valence-corrected chi connectivity index (χ4v) is 2.32. The van der Waals surface area contributed by atoms with Gasteiger partial charge < -0.3 is 14.9 Å². The number of allylic oxidation sites excluding steroid dienone is 2. The second-order valence-electron chi connectivity index (χ2n) is 5.32. The molecule has 1 unspecified atom stereocenters. The number of aliphatic hydroxyl groups excluding tert-OH is 2. The average Bonchev–Trinajstić information content (AvgIpc) is 2.36. The molecule has 0 saturated heterocycles. The SMILES string of the molecule is CCCCCCCCCC(=O)C1=C(O)C=C(C)OC1O.